The second-order valence-electron chi connectivity index (χ2n) is 6.11. The molecule has 4 nitrogen and oxygen atoms in total. The van der Waals surface area contributed by atoms with E-state index in [0.29, 0.717) is 12.0 Å². The Morgan fingerprint density at radius 3 is 2.95 bits per heavy atom. The molecule has 3 aliphatic rings. The first-order valence-corrected chi connectivity index (χ1v) is 8.43. The highest BCUT2D eigenvalue weighted by atomic mass is 32.1. The number of hydrogen-bond acceptors (Lipinski definition) is 4. The number of piperidine rings is 3. The van der Waals surface area contributed by atoms with Crippen molar-refractivity contribution in [2.75, 3.05) is 13.1 Å². The summed E-state index contributed by atoms with van der Waals surface area (Å²) in [5.74, 6) is 0.699. The number of carbonyl (C=O) groups excluding carboxylic acids is 1. The molecular weight excluding hydrogens is 282 g/mol. The number of hydrogen-bond donors (Lipinski definition) is 1. The van der Waals surface area contributed by atoms with Crippen molar-refractivity contribution in [3.05, 3.63) is 29.3 Å². The molecule has 3 fully saturated rings. The maximum absolute atomic E-state index is 12.6. The maximum Gasteiger partial charge on any atom is 0.261 e. The molecule has 0 aromatic carbocycles. The molecule has 0 saturated carbocycles. The second kappa shape index (κ2) is 5.07. The maximum atomic E-state index is 12.6. The normalized spacial score (nSPS) is 31.5. The van der Waals surface area contributed by atoms with Crippen molar-refractivity contribution in [3.63, 3.8) is 0 Å². The predicted molar refractivity (Wildman–Crippen MR) is 84.6 cm³/mol. The first kappa shape index (κ1) is 13.2. The van der Waals surface area contributed by atoms with Gasteiger partial charge in [0.2, 0.25) is 0 Å². The average molecular weight is 301 g/mol. The van der Waals surface area contributed by atoms with Crippen molar-refractivity contribution < 1.29 is 4.79 Å². The van der Waals surface area contributed by atoms with Gasteiger partial charge in [-0.3, -0.25) is 14.7 Å². The van der Waals surface area contributed by atoms with Gasteiger partial charge in [0.15, 0.2) is 0 Å². The van der Waals surface area contributed by atoms with Crippen molar-refractivity contribution in [2.45, 2.75) is 31.8 Å². The van der Waals surface area contributed by atoms with Gasteiger partial charge in [-0.2, -0.15) is 0 Å². The summed E-state index contributed by atoms with van der Waals surface area (Å²) >= 11 is 1.53. The highest BCUT2D eigenvalue weighted by Crippen LogP contribution is 2.32. The van der Waals surface area contributed by atoms with Crippen LogP contribution in [0.4, 0.5) is 0 Å². The van der Waals surface area contributed by atoms with E-state index in [-0.39, 0.29) is 11.9 Å². The van der Waals surface area contributed by atoms with Crippen LogP contribution in [0.25, 0.3) is 10.2 Å². The average Bonchev–Trinajstić information content (AvgIpc) is 2.95. The van der Waals surface area contributed by atoms with Crippen molar-refractivity contribution in [1.29, 1.82) is 0 Å². The Morgan fingerprint density at radius 2 is 2.24 bits per heavy atom. The van der Waals surface area contributed by atoms with Crippen LogP contribution in [0.15, 0.2) is 24.4 Å². The van der Waals surface area contributed by atoms with E-state index in [2.05, 4.69) is 22.1 Å². The molecule has 5 rings (SSSR count). The van der Waals surface area contributed by atoms with Crippen LogP contribution in [0.3, 0.4) is 0 Å². The molecule has 0 aliphatic carbocycles. The minimum atomic E-state index is 0.0589. The molecule has 5 heterocycles. The van der Waals surface area contributed by atoms with Crippen LogP contribution in [0, 0.1) is 5.92 Å². The first-order valence-electron chi connectivity index (χ1n) is 7.62. The van der Waals surface area contributed by atoms with E-state index in [1.165, 1.54) is 37.3 Å². The van der Waals surface area contributed by atoms with Gasteiger partial charge in [0.25, 0.3) is 5.91 Å². The van der Waals surface area contributed by atoms with Gasteiger partial charge in [-0.15, -0.1) is 11.3 Å². The zero-order valence-electron chi connectivity index (χ0n) is 12.1. The topological polar surface area (TPSA) is 45.2 Å². The molecule has 5 heteroatoms. The van der Waals surface area contributed by atoms with E-state index in [9.17, 15) is 4.79 Å². The molecule has 3 aliphatic heterocycles. The largest absolute Gasteiger partial charge is 0.347 e. The van der Waals surface area contributed by atoms with Crippen molar-refractivity contribution in [2.24, 2.45) is 5.92 Å². The lowest BCUT2D eigenvalue weighted by Gasteiger charge is -2.49. The Kier molecular flexibility index (Phi) is 3.19. The van der Waals surface area contributed by atoms with Gasteiger partial charge in [0.1, 0.15) is 0 Å². The summed E-state index contributed by atoms with van der Waals surface area (Å²) in [5, 5.41) is 3.28. The van der Waals surface area contributed by atoms with Gasteiger partial charge < -0.3 is 5.32 Å². The summed E-state index contributed by atoms with van der Waals surface area (Å²) in [4.78, 5) is 20.1. The highest BCUT2D eigenvalue weighted by molar-refractivity contribution is 7.20. The minimum Gasteiger partial charge on any atom is -0.347 e. The summed E-state index contributed by atoms with van der Waals surface area (Å²) in [7, 11) is 0. The standard InChI is InChI=1S/C16H19N3OS/c1-10-15(11-4-7-19(10)8-5-11)18-16(20)14-9-12-13(21-14)3-2-6-17-12/h2-3,6,9-11,15H,4-5,7-8H2,1H3,(H,18,20)/t10-,15-/m0/s1. The molecule has 0 unspecified atom stereocenters. The van der Waals surface area contributed by atoms with Gasteiger partial charge in [-0.25, -0.2) is 0 Å². The zero-order chi connectivity index (χ0) is 14.4. The fourth-order valence-corrected chi connectivity index (χ4v) is 4.67. The quantitative estimate of drug-likeness (QED) is 0.927. The van der Waals surface area contributed by atoms with E-state index in [1.807, 2.05) is 18.2 Å². The van der Waals surface area contributed by atoms with E-state index >= 15 is 0 Å². The summed E-state index contributed by atoms with van der Waals surface area (Å²) < 4.78 is 1.07. The highest BCUT2D eigenvalue weighted by Gasteiger charge is 2.40. The number of pyridine rings is 1. The van der Waals surface area contributed by atoms with Gasteiger partial charge in [0.05, 0.1) is 15.1 Å². The molecule has 2 aromatic rings. The van der Waals surface area contributed by atoms with E-state index in [1.54, 1.807) is 6.20 Å². The number of rotatable bonds is 2. The molecule has 2 aromatic heterocycles. The fourth-order valence-electron chi connectivity index (χ4n) is 3.75. The molecule has 3 saturated heterocycles. The van der Waals surface area contributed by atoms with Crippen molar-refractivity contribution in [1.82, 2.24) is 15.2 Å². The van der Waals surface area contributed by atoms with E-state index < -0.39 is 0 Å². The van der Waals surface area contributed by atoms with Gasteiger partial charge >= 0.3 is 0 Å². The van der Waals surface area contributed by atoms with Crippen LogP contribution in [0.2, 0.25) is 0 Å². The molecular formula is C16H19N3OS. The van der Waals surface area contributed by atoms with Crippen LogP contribution < -0.4 is 5.32 Å². The van der Waals surface area contributed by atoms with Crippen molar-refractivity contribution >= 4 is 27.5 Å². The van der Waals surface area contributed by atoms with Gasteiger partial charge in [-0.05, 0) is 57.0 Å². The number of nitrogens with zero attached hydrogens (tertiary/aromatic N) is 2. The lowest BCUT2D eigenvalue weighted by atomic mass is 9.79. The van der Waals surface area contributed by atoms with Gasteiger partial charge in [0, 0.05) is 18.3 Å². The summed E-state index contributed by atoms with van der Waals surface area (Å²) in [6.07, 6.45) is 4.19. The number of nitrogens with one attached hydrogen (secondary N) is 1. The molecule has 21 heavy (non-hydrogen) atoms. The van der Waals surface area contributed by atoms with Crippen LogP contribution in [0.5, 0.6) is 0 Å². The molecule has 2 atom stereocenters. The van der Waals surface area contributed by atoms with E-state index in [0.717, 1.165) is 15.1 Å². The lowest BCUT2D eigenvalue weighted by molar-refractivity contribution is 0.0218. The molecule has 0 spiro atoms. The number of aromatic nitrogens is 1. The first-order chi connectivity index (χ1) is 10.2. The summed E-state index contributed by atoms with van der Waals surface area (Å²) in [5.41, 5.74) is 0.912. The number of carbonyl (C=O) groups is 1. The monoisotopic (exact) mass is 301 g/mol. The Morgan fingerprint density at radius 1 is 1.43 bits per heavy atom. The lowest BCUT2D eigenvalue weighted by Crippen LogP contribution is -2.62. The molecule has 0 radical (unpaired) electrons. The third-order valence-corrected chi connectivity index (χ3v) is 6.08. The smallest absolute Gasteiger partial charge is 0.261 e. The molecule has 1 N–H and O–H groups in total. The summed E-state index contributed by atoms with van der Waals surface area (Å²) in [6.45, 7) is 4.61. The Balaban J connectivity index is 1.55. The Bertz CT molecular complexity index is 640. The van der Waals surface area contributed by atoms with Crippen molar-refractivity contribution in [3.8, 4) is 0 Å². The summed E-state index contributed by atoms with van der Waals surface area (Å²) in [6, 6.07) is 6.57. The Labute approximate surface area is 128 Å². The number of fused-ring (bicyclic) bond motifs is 4. The minimum absolute atomic E-state index is 0.0589. The number of thiophene rings is 1. The van der Waals surface area contributed by atoms with Crippen LogP contribution in [-0.4, -0.2) is 41.0 Å². The third kappa shape index (κ3) is 2.24. The SMILES string of the molecule is C[C@H]1[C@H](NC(=O)c2cc3ncccc3s2)C2CCN1CC2. The molecule has 2 bridgehead atoms. The fraction of sp³-hybridized carbons (Fsp3) is 0.500. The zero-order valence-corrected chi connectivity index (χ0v) is 12.9. The van der Waals surface area contributed by atoms with Crippen LogP contribution in [-0.2, 0) is 0 Å². The molecule has 110 valence electrons. The third-order valence-electron chi connectivity index (χ3n) is 4.99. The predicted octanol–water partition coefficient (Wildman–Crippen LogP) is 2.51. The van der Waals surface area contributed by atoms with Crippen LogP contribution in [0.1, 0.15) is 29.4 Å². The van der Waals surface area contributed by atoms with E-state index in [4.69, 9.17) is 0 Å². The van der Waals surface area contributed by atoms with Gasteiger partial charge in [-0.1, -0.05) is 0 Å². The Hall–Kier alpha value is -1.46. The second-order valence-corrected chi connectivity index (χ2v) is 7.19. The van der Waals surface area contributed by atoms with Crippen LogP contribution >= 0.6 is 11.3 Å². The molecule has 1 amide bonds. The number of amides is 1.